The molecule has 23 heavy (non-hydrogen) atoms. The Balaban J connectivity index is 2.86. The molecule has 0 bridgehead atoms. The Morgan fingerprint density at radius 1 is 1.35 bits per heavy atom. The molecule has 0 spiro atoms. The summed E-state index contributed by atoms with van der Waals surface area (Å²) in [4.78, 5) is 12.4. The van der Waals surface area contributed by atoms with Crippen LogP contribution < -0.4 is 4.74 Å². The maximum absolute atomic E-state index is 12.4. The van der Waals surface area contributed by atoms with Crippen LogP contribution in [0.25, 0.3) is 0 Å². The van der Waals surface area contributed by atoms with E-state index in [0.29, 0.717) is 18.8 Å². The summed E-state index contributed by atoms with van der Waals surface area (Å²) in [6.45, 7) is 6.01. The summed E-state index contributed by atoms with van der Waals surface area (Å²) < 4.78 is 9.61. The monoisotopic (exact) mass is 338 g/mol. The molecule has 0 unspecified atom stereocenters. The Morgan fingerprint density at radius 2 is 2.00 bits per heavy atom. The fourth-order valence-electron chi connectivity index (χ4n) is 2.11. The van der Waals surface area contributed by atoms with E-state index in [1.165, 1.54) is 11.8 Å². The van der Waals surface area contributed by atoms with Crippen molar-refractivity contribution in [1.82, 2.24) is 0 Å². The van der Waals surface area contributed by atoms with Crippen molar-refractivity contribution < 1.29 is 19.4 Å². The van der Waals surface area contributed by atoms with Gasteiger partial charge in [-0.15, -0.1) is 11.8 Å². The third-order valence-electron chi connectivity index (χ3n) is 3.41. The second-order valence-electron chi connectivity index (χ2n) is 5.43. The first-order valence-corrected chi connectivity index (χ1v) is 8.67. The maximum atomic E-state index is 12.4. The van der Waals surface area contributed by atoms with Gasteiger partial charge in [-0.25, -0.2) is 0 Å². The van der Waals surface area contributed by atoms with Crippen LogP contribution in [0.4, 0.5) is 0 Å². The molecule has 1 aromatic carbocycles. The average Bonchev–Trinajstić information content (AvgIpc) is 2.54. The minimum Gasteiger partial charge on any atom is -0.497 e. The van der Waals surface area contributed by atoms with Gasteiger partial charge in [-0.3, -0.25) is 4.79 Å². The molecule has 0 saturated carbocycles. The summed E-state index contributed by atoms with van der Waals surface area (Å²) in [5.41, 5.74) is 2.09. The summed E-state index contributed by atoms with van der Waals surface area (Å²) in [6, 6.07) is 7.79. The quantitative estimate of drug-likeness (QED) is 0.551. The number of ether oxygens (including phenoxy) is 2. The molecule has 0 fully saturated rings. The lowest BCUT2D eigenvalue weighted by molar-refractivity contribution is -0.144. The van der Waals surface area contributed by atoms with E-state index in [1.807, 2.05) is 44.2 Å². The zero-order valence-corrected chi connectivity index (χ0v) is 15.1. The third kappa shape index (κ3) is 6.28. The van der Waals surface area contributed by atoms with Crippen molar-refractivity contribution in [2.45, 2.75) is 37.7 Å². The van der Waals surface area contributed by atoms with Gasteiger partial charge < -0.3 is 14.6 Å². The highest BCUT2D eigenvalue weighted by Gasteiger charge is 2.33. The van der Waals surface area contributed by atoms with Crippen LogP contribution in [-0.2, 0) is 15.3 Å². The van der Waals surface area contributed by atoms with Crippen LogP contribution in [0.15, 0.2) is 35.9 Å². The molecule has 0 amide bonds. The lowest BCUT2D eigenvalue weighted by atomic mass is 10.1. The molecule has 0 saturated heterocycles. The number of thioether (sulfide) groups is 1. The number of aliphatic hydroxyl groups is 1. The highest BCUT2D eigenvalue weighted by atomic mass is 32.2. The fraction of sp³-hybridized carbons (Fsp3) is 0.500. The lowest BCUT2D eigenvalue weighted by Crippen LogP contribution is -2.32. The van der Waals surface area contributed by atoms with Crippen LogP contribution in [0.5, 0.6) is 5.75 Å². The van der Waals surface area contributed by atoms with Crippen molar-refractivity contribution in [2.75, 3.05) is 20.3 Å². The number of hydrogen-bond acceptors (Lipinski definition) is 5. The van der Waals surface area contributed by atoms with Gasteiger partial charge in [0.05, 0.1) is 13.7 Å². The van der Waals surface area contributed by atoms with Gasteiger partial charge >= 0.3 is 5.97 Å². The van der Waals surface area contributed by atoms with Gasteiger partial charge in [0.2, 0.25) is 0 Å². The molecule has 5 heteroatoms. The molecular formula is C18H26O4S. The van der Waals surface area contributed by atoms with Gasteiger partial charge in [0.25, 0.3) is 0 Å². The second-order valence-corrected chi connectivity index (χ2v) is 6.85. The number of hydrogen-bond donors (Lipinski definition) is 1. The minimum atomic E-state index is -0.769. The highest BCUT2D eigenvalue weighted by molar-refractivity contribution is 8.00. The molecule has 1 atom stereocenters. The average molecular weight is 338 g/mol. The van der Waals surface area contributed by atoms with Crippen molar-refractivity contribution in [3.05, 3.63) is 41.5 Å². The molecule has 0 aliphatic rings. The number of aliphatic hydroxyl groups excluding tert-OH is 1. The van der Waals surface area contributed by atoms with E-state index in [9.17, 15) is 4.79 Å². The van der Waals surface area contributed by atoms with Gasteiger partial charge in [0.15, 0.2) is 0 Å². The van der Waals surface area contributed by atoms with Gasteiger partial charge in [0, 0.05) is 12.4 Å². The molecule has 1 rings (SSSR count). The zero-order valence-electron chi connectivity index (χ0n) is 14.3. The molecule has 0 aromatic heterocycles. The predicted octanol–water partition coefficient (Wildman–Crippen LogP) is 3.58. The van der Waals surface area contributed by atoms with Gasteiger partial charge in [0.1, 0.15) is 10.5 Å². The van der Waals surface area contributed by atoms with E-state index in [2.05, 4.69) is 0 Å². The van der Waals surface area contributed by atoms with Crippen molar-refractivity contribution in [2.24, 2.45) is 0 Å². The normalized spacial score (nSPS) is 14.2. The molecule has 4 nitrogen and oxygen atoms in total. The maximum Gasteiger partial charge on any atom is 0.325 e. The van der Waals surface area contributed by atoms with Crippen LogP contribution in [-0.4, -0.2) is 36.1 Å². The van der Waals surface area contributed by atoms with E-state index in [0.717, 1.165) is 16.9 Å². The van der Waals surface area contributed by atoms with Crippen LogP contribution in [0.1, 0.15) is 32.8 Å². The lowest BCUT2D eigenvalue weighted by Gasteiger charge is -2.24. The third-order valence-corrected chi connectivity index (χ3v) is 4.77. The van der Waals surface area contributed by atoms with E-state index in [1.54, 1.807) is 14.0 Å². The smallest absolute Gasteiger partial charge is 0.325 e. The number of carbonyl (C=O) groups excluding carboxylic acids is 1. The summed E-state index contributed by atoms with van der Waals surface area (Å²) in [5, 5.41) is 9.06. The summed E-state index contributed by atoms with van der Waals surface area (Å²) >= 11 is 1.52. The van der Waals surface area contributed by atoms with Crippen molar-refractivity contribution in [3.63, 3.8) is 0 Å². The second kappa shape index (κ2) is 9.63. The van der Waals surface area contributed by atoms with E-state index in [4.69, 9.17) is 14.6 Å². The zero-order chi connectivity index (χ0) is 17.3. The Morgan fingerprint density at radius 3 is 2.52 bits per heavy atom. The Hall–Kier alpha value is -1.46. The predicted molar refractivity (Wildman–Crippen MR) is 94.8 cm³/mol. The Kier molecular flexibility index (Phi) is 8.20. The first-order chi connectivity index (χ1) is 10.9. The van der Waals surface area contributed by atoms with Crippen LogP contribution in [0.3, 0.4) is 0 Å². The van der Waals surface area contributed by atoms with Gasteiger partial charge in [-0.1, -0.05) is 23.8 Å². The summed E-state index contributed by atoms with van der Waals surface area (Å²) in [5.74, 6) is 1.24. The van der Waals surface area contributed by atoms with Gasteiger partial charge in [-0.05, 0) is 44.9 Å². The number of rotatable bonds is 9. The molecule has 128 valence electrons. The largest absolute Gasteiger partial charge is 0.497 e. The molecule has 0 aliphatic heterocycles. The van der Waals surface area contributed by atoms with Crippen LogP contribution in [0, 0.1) is 0 Å². The molecule has 0 aliphatic carbocycles. The Bertz CT molecular complexity index is 524. The molecule has 0 radical (unpaired) electrons. The number of methoxy groups -OCH3 is 1. The minimum absolute atomic E-state index is 0.0738. The van der Waals surface area contributed by atoms with Gasteiger partial charge in [-0.2, -0.15) is 0 Å². The fourth-order valence-corrected chi connectivity index (χ4v) is 3.23. The van der Waals surface area contributed by atoms with Crippen LogP contribution >= 0.6 is 11.8 Å². The van der Waals surface area contributed by atoms with Crippen molar-refractivity contribution in [3.8, 4) is 5.75 Å². The summed E-state index contributed by atoms with van der Waals surface area (Å²) in [6.07, 6.45) is 2.45. The number of carbonyl (C=O) groups is 1. The topological polar surface area (TPSA) is 55.8 Å². The summed E-state index contributed by atoms with van der Waals surface area (Å²) in [7, 11) is 1.64. The van der Waals surface area contributed by atoms with E-state index in [-0.39, 0.29) is 12.6 Å². The van der Waals surface area contributed by atoms with E-state index < -0.39 is 4.75 Å². The Labute approximate surface area is 142 Å². The highest BCUT2D eigenvalue weighted by Crippen LogP contribution is 2.33. The van der Waals surface area contributed by atoms with Crippen LogP contribution in [0.2, 0.25) is 0 Å². The molecule has 0 heterocycles. The molecule has 1 N–H and O–H groups in total. The number of benzene rings is 1. The van der Waals surface area contributed by atoms with Crippen molar-refractivity contribution >= 4 is 17.7 Å². The van der Waals surface area contributed by atoms with E-state index >= 15 is 0 Å². The standard InChI is InChI=1S/C18H26O4S/c1-5-22-17(20)18(3,12-14(2)10-11-19)23-13-15-6-8-16(21-4)9-7-15/h6-9,12,19H,5,10-11,13H2,1-4H3/b14-12+/t18-/m0/s1. The SMILES string of the molecule is CCOC(=O)[C@](C)(/C=C(\C)CCO)SCc1ccc(OC)cc1. The van der Waals surface area contributed by atoms with Crippen molar-refractivity contribution in [1.29, 1.82) is 0 Å². The number of esters is 1. The first-order valence-electron chi connectivity index (χ1n) is 7.68. The first kappa shape index (κ1) is 19.6. The molecule has 1 aromatic rings. The molecular weight excluding hydrogens is 312 g/mol.